The first kappa shape index (κ1) is 13.2. The summed E-state index contributed by atoms with van der Waals surface area (Å²) in [6.07, 6.45) is 0.671. The smallest absolute Gasteiger partial charge is 0.335 e. The van der Waals surface area contributed by atoms with Crippen molar-refractivity contribution in [2.24, 2.45) is 0 Å². The molecule has 1 aliphatic rings. The van der Waals surface area contributed by atoms with E-state index in [1.54, 1.807) is 18.2 Å². The summed E-state index contributed by atoms with van der Waals surface area (Å²) in [5.74, 6) is -1.77. The molecule has 6 heteroatoms. The van der Waals surface area contributed by atoms with Crippen LogP contribution >= 0.6 is 0 Å². The highest BCUT2D eigenvalue weighted by Gasteiger charge is 2.18. The lowest BCUT2D eigenvalue weighted by Crippen LogP contribution is -2.35. The fourth-order valence-corrected chi connectivity index (χ4v) is 2.18. The molecule has 0 saturated heterocycles. The highest BCUT2D eigenvalue weighted by atomic mass is 16.4. The van der Waals surface area contributed by atoms with Crippen LogP contribution in [0.2, 0.25) is 0 Å². The Balaban J connectivity index is 2.14. The molecule has 0 radical (unpaired) electrons. The number of carbonyl (C=O) groups is 2. The van der Waals surface area contributed by atoms with Gasteiger partial charge in [-0.15, -0.1) is 0 Å². The molecule has 1 aromatic rings. The number of carboxylic acid groups (broad SMARTS) is 2. The molecule has 0 aliphatic carbocycles. The molecule has 1 aliphatic heterocycles. The van der Waals surface area contributed by atoms with Crippen LogP contribution in [-0.4, -0.2) is 41.8 Å². The first-order valence-corrected chi connectivity index (χ1v) is 6.16. The minimum absolute atomic E-state index is 0.123. The normalized spacial score (nSPS) is 13.6. The summed E-state index contributed by atoms with van der Waals surface area (Å²) in [6, 6.07) is 4.95. The standard InChI is InChI=1S/C13H16N2O4/c16-12(17)2-1-6-15-7-5-14-10-4-3-9(13(18)19)8-11(10)15/h3-4,8,14H,1-2,5-7H2,(H,16,17)(H,18,19). The van der Waals surface area contributed by atoms with Gasteiger partial charge < -0.3 is 20.4 Å². The zero-order chi connectivity index (χ0) is 13.8. The molecule has 1 aromatic carbocycles. The van der Waals surface area contributed by atoms with E-state index in [0.717, 1.165) is 24.5 Å². The second kappa shape index (κ2) is 5.60. The predicted molar refractivity (Wildman–Crippen MR) is 71.0 cm³/mol. The summed E-state index contributed by atoms with van der Waals surface area (Å²) in [6.45, 7) is 2.13. The number of benzene rings is 1. The van der Waals surface area contributed by atoms with Crippen molar-refractivity contribution in [1.82, 2.24) is 0 Å². The second-order valence-electron chi connectivity index (χ2n) is 4.45. The average molecular weight is 264 g/mol. The maximum absolute atomic E-state index is 11.0. The van der Waals surface area contributed by atoms with Gasteiger partial charge >= 0.3 is 11.9 Å². The summed E-state index contributed by atoms with van der Waals surface area (Å²) in [7, 11) is 0. The zero-order valence-electron chi connectivity index (χ0n) is 10.4. The third-order valence-electron chi connectivity index (χ3n) is 3.10. The van der Waals surface area contributed by atoms with Crippen LogP contribution < -0.4 is 10.2 Å². The average Bonchev–Trinajstić information content (AvgIpc) is 2.38. The Morgan fingerprint density at radius 1 is 1.32 bits per heavy atom. The molecule has 6 nitrogen and oxygen atoms in total. The highest BCUT2D eigenvalue weighted by Crippen LogP contribution is 2.30. The Morgan fingerprint density at radius 3 is 2.79 bits per heavy atom. The molecule has 1 heterocycles. The lowest BCUT2D eigenvalue weighted by molar-refractivity contribution is -0.137. The summed E-state index contributed by atoms with van der Waals surface area (Å²) < 4.78 is 0. The molecule has 0 amide bonds. The van der Waals surface area contributed by atoms with Crippen LogP contribution in [0.3, 0.4) is 0 Å². The third kappa shape index (κ3) is 3.15. The number of rotatable bonds is 5. The van der Waals surface area contributed by atoms with Crippen molar-refractivity contribution in [1.29, 1.82) is 0 Å². The molecular formula is C13H16N2O4. The van der Waals surface area contributed by atoms with Crippen molar-refractivity contribution in [3.8, 4) is 0 Å². The SMILES string of the molecule is O=C(O)CCCN1CCNc2ccc(C(=O)O)cc21. The predicted octanol–water partition coefficient (Wildman–Crippen LogP) is 1.48. The van der Waals surface area contributed by atoms with Crippen LogP contribution in [0.5, 0.6) is 0 Å². The Morgan fingerprint density at radius 2 is 2.11 bits per heavy atom. The van der Waals surface area contributed by atoms with E-state index in [1.807, 2.05) is 4.90 Å². The second-order valence-corrected chi connectivity index (χ2v) is 4.45. The zero-order valence-corrected chi connectivity index (χ0v) is 10.4. The summed E-state index contributed by atoms with van der Waals surface area (Å²) in [4.78, 5) is 23.5. The van der Waals surface area contributed by atoms with Gasteiger partial charge in [0.25, 0.3) is 0 Å². The number of nitrogens with one attached hydrogen (secondary N) is 1. The van der Waals surface area contributed by atoms with E-state index in [1.165, 1.54) is 0 Å². The van der Waals surface area contributed by atoms with Crippen molar-refractivity contribution in [3.63, 3.8) is 0 Å². The van der Waals surface area contributed by atoms with Crippen LogP contribution in [0.25, 0.3) is 0 Å². The van der Waals surface area contributed by atoms with E-state index in [2.05, 4.69) is 5.32 Å². The molecule has 0 atom stereocenters. The number of anilines is 2. The lowest BCUT2D eigenvalue weighted by atomic mass is 10.1. The van der Waals surface area contributed by atoms with E-state index >= 15 is 0 Å². The molecule has 19 heavy (non-hydrogen) atoms. The van der Waals surface area contributed by atoms with Crippen LogP contribution in [0.15, 0.2) is 18.2 Å². The maximum Gasteiger partial charge on any atom is 0.335 e. The van der Waals surface area contributed by atoms with Gasteiger partial charge in [-0.3, -0.25) is 4.79 Å². The van der Waals surface area contributed by atoms with Crippen LogP contribution in [0, 0.1) is 0 Å². The highest BCUT2D eigenvalue weighted by molar-refractivity contribution is 5.91. The van der Waals surface area contributed by atoms with Gasteiger partial charge in [-0.25, -0.2) is 4.79 Å². The third-order valence-corrected chi connectivity index (χ3v) is 3.10. The van der Waals surface area contributed by atoms with E-state index in [9.17, 15) is 9.59 Å². The molecule has 3 N–H and O–H groups in total. The Hall–Kier alpha value is -2.24. The molecule has 102 valence electrons. The van der Waals surface area contributed by atoms with Crippen molar-refractivity contribution < 1.29 is 19.8 Å². The summed E-state index contributed by atoms with van der Waals surface area (Å²) in [5.41, 5.74) is 1.97. The molecule has 2 rings (SSSR count). The number of nitrogens with zero attached hydrogens (tertiary/aromatic N) is 1. The Labute approximate surface area is 110 Å². The lowest BCUT2D eigenvalue weighted by Gasteiger charge is -2.32. The molecule has 0 aromatic heterocycles. The van der Waals surface area contributed by atoms with Crippen molar-refractivity contribution in [2.45, 2.75) is 12.8 Å². The number of carboxylic acids is 2. The minimum Gasteiger partial charge on any atom is -0.481 e. The van der Waals surface area contributed by atoms with Crippen molar-refractivity contribution in [3.05, 3.63) is 23.8 Å². The van der Waals surface area contributed by atoms with Crippen molar-refractivity contribution in [2.75, 3.05) is 29.9 Å². The van der Waals surface area contributed by atoms with E-state index < -0.39 is 11.9 Å². The quantitative estimate of drug-likeness (QED) is 0.746. The van der Waals surface area contributed by atoms with E-state index in [4.69, 9.17) is 10.2 Å². The van der Waals surface area contributed by atoms with Gasteiger partial charge in [-0.05, 0) is 24.6 Å². The van der Waals surface area contributed by atoms with Crippen LogP contribution in [0.4, 0.5) is 11.4 Å². The molecule has 0 bridgehead atoms. The monoisotopic (exact) mass is 264 g/mol. The molecule has 0 fully saturated rings. The van der Waals surface area contributed by atoms with Gasteiger partial charge in [0.05, 0.1) is 16.9 Å². The number of hydrogen-bond acceptors (Lipinski definition) is 4. The summed E-state index contributed by atoms with van der Waals surface area (Å²) in [5, 5.41) is 20.9. The Kier molecular flexibility index (Phi) is 3.89. The molecule has 0 spiro atoms. The Bertz CT molecular complexity index is 501. The fraction of sp³-hybridized carbons (Fsp3) is 0.385. The minimum atomic E-state index is -0.959. The first-order valence-electron chi connectivity index (χ1n) is 6.16. The van der Waals surface area contributed by atoms with Gasteiger partial charge in [-0.1, -0.05) is 0 Å². The molecule has 0 unspecified atom stereocenters. The van der Waals surface area contributed by atoms with Crippen molar-refractivity contribution >= 4 is 23.3 Å². The molecular weight excluding hydrogens is 248 g/mol. The van der Waals surface area contributed by atoms with Crippen LogP contribution in [0.1, 0.15) is 23.2 Å². The summed E-state index contributed by atoms with van der Waals surface area (Å²) >= 11 is 0. The largest absolute Gasteiger partial charge is 0.481 e. The number of aromatic carboxylic acids is 1. The molecule has 0 saturated carbocycles. The van der Waals surface area contributed by atoms with E-state index in [0.29, 0.717) is 13.0 Å². The van der Waals surface area contributed by atoms with Crippen LogP contribution in [-0.2, 0) is 4.79 Å². The maximum atomic E-state index is 11.0. The number of aliphatic carboxylic acids is 1. The van der Waals surface area contributed by atoms with Gasteiger partial charge in [-0.2, -0.15) is 0 Å². The number of hydrogen-bond donors (Lipinski definition) is 3. The van der Waals surface area contributed by atoms with Gasteiger partial charge in [0.1, 0.15) is 0 Å². The first-order chi connectivity index (χ1) is 9.08. The number of fused-ring (bicyclic) bond motifs is 1. The topological polar surface area (TPSA) is 89.9 Å². The van der Waals surface area contributed by atoms with Gasteiger partial charge in [0, 0.05) is 26.1 Å². The fourth-order valence-electron chi connectivity index (χ4n) is 2.18. The van der Waals surface area contributed by atoms with Gasteiger partial charge in [0.2, 0.25) is 0 Å². The van der Waals surface area contributed by atoms with Gasteiger partial charge in [0.15, 0.2) is 0 Å². The van der Waals surface area contributed by atoms with E-state index in [-0.39, 0.29) is 12.0 Å².